The number of carbonyl (C=O) groups excluding carboxylic acids is 1. The minimum atomic E-state index is -0.452. The van der Waals surface area contributed by atoms with E-state index in [-0.39, 0.29) is 18.2 Å². The van der Waals surface area contributed by atoms with E-state index in [9.17, 15) is 14.9 Å². The molecule has 126 valence electrons. The molecule has 1 N–H and O–H groups in total. The number of nitro groups is 1. The van der Waals surface area contributed by atoms with Gasteiger partial charge in [-0.25, -0.2) is 0 Å². The van der Waals surface area contributed by atoms with Crippen LogP contribution in [0.1, 0.15) is 51.4 Å². The largest absolute Gasteiger partial charge is 0.493 e. The summed E-state index contributed by atoms with van der Waals surface area (Å²) in [5.74, 6) is 0.548. The van der Waals surface area contributed by atoms with Crippen molar-refractivity contribution in [3.8, 4) is 5.75 Å². The van der Waals surface area contributed by atoms with Crippen molar-refractivity contribution >= 4 is 11.6 Å². The number of carbonyl (C=O) groups is 1. The molecule has 23 heavy (non-hydrogen) atoms. The van der Waals surface area contributed by atoms with Crippen LogP contribution in [0.4, 0.5) is 5.69 Å². The Balaban J connectivity index is 1.68. The summed E-state index contributed by atoms with van der Waals surface area (Å²) in [5.41, 5.74) is 0.0272. The smallest absolute Gasteiger partial charge is 0.269 e. The van der Waals surface area contributed by atoms with Crippen LogP contribution < -0.4 is 10.1 Å². The van der Waals surface area contributed by atoms with Gasteiger partial charge in [0, 0.05) is 18.2 Å². The zero-order valence-corrected chi connectivity index (χ0v) is 13.3. The number of non-ortho nitro benzene ring substituents is 1. The van der Waals surface area contributed by atoms with E-state index in [4.69, 9.17) is 4.74 Å². The van der Waals surface area contributed by atoms with Crippen molar-refractivity contribution in [3.63, 3.8) is 0 Å². The van der Waals surface area contributed by atoms with Crippen LogP contribution in [0.2, 0.25) is 0 Å². The third kappa shape index (κ3) is 6.26. The minimum absolute atomic E-state index is 0.0116. The van der Waals surface area contributed by atoms with Crippen LogP contribution in [0.5, 0.6) is 5.75 Å². The van der Waals surface area contributed by atoms with Crippen molar-refractivity contribution in [2.24, 2.45) is 0 Å². The number of amides is 1. The van der Waals surface area contributed by atoms with Crippen LogP contribution in [0.3, 0.4) is 0 Å². The fourth-order valence-corrected chi connectivity index (χ4v) is 2.83. The van der Waals surface area contributed by atoms with Gasteiger partial charge >= 0.3 is 0 Å². The fraction of sp³-hybridized carbons (Fsp3) is 0.588. The van der Waals surface area contributed by atoms with E-state index < -0.39 is 4.92 Å². The van der Waals surface area contributed by atoms with Gasteiger partial charge in [0.2, 0.25) is 5.91 Å². The third-order valence-electron chi connectivity index (χ3n) is 4.12. The highest BCUT2D eigenvalue weighted by Gasteiger charge is 2.14. The lowest BCUT2D eigenvalue weighted by molar-refractivity contribution is -0.384. The molecule has 1 saturated carbocycles. The summed E-state index contributed by atoms with van der Waals surface area (Å²) < 4.78 is 5.46. The van der Waals surface area contributed by atoms with E-state index in [0.717, 1.165) is 12.8 Å². The molecule has 1 aromatic rings. The van der Waals surface area contributed by atoms with E-state index in [1.807, 2.05) is 0 Å². The predicted molar refractivity (Wildman–Crippen MR) is 87.5 cm³/mol. The lowest BCUT2D eigenvalue weighted by Gasteiger charge is -2.21. The lowest BCUT2D eigenvalue weighted by atomic mass is 9.96. The Hall–Kier alpha value is -2.11. The Morgan fingerprint density at radius 1 is 1.13 bits per heavy atom. The summed E-state index contributed by atoms with van der Waals surface area (Å²) >= 11 is 0. The van der Waals surface area contributed by atoms with Crippen molar-refractivity contribution in [3.05, 3.63) is 34.4 Å². The number of nitro benzene ring substituents is 1. The highest BCUT2D eigenvalue weighted by Crippen LogP contribution is 2.18. The van der Waals surface area contributed by atoms with Crippen molar-refractivity contribution in [1.82, 2.24) is 5.32 Å². The fourth-order valence-electron chi connectivity index (χ4n) is 2.83. The molecule has 1 aliphatic carbocycles. The number of hydrogen-bond donors (Lipinski definition) is 1. The van der Waals surface area contributed by atoms with Crippen LogP contribution in [0, 0.1) is 10.1 Å². The van der Waals surface area contributed by atoms with Crippen molar-refractivity contribution in [2.45, 2.75) is 57.4 Å². The standard InChI is InChI=1S/C17H24N2O4/c20-17(18-14-6-4-2-1-3-5-7-14)12-13-23-16-10-8-15(9-11-16)19(21)22/h8-11,14H,1-7,12-13H2,(H,18,20). The summed E-state index contributed by atoms with van der Waals surface area (Å²) in [6, 6.07) is 6.17. The molecule has 0 spiro atoms. The molecule has 1 aromatic carbocycles. The third-order valence-corrected chi connectivity index (χ3v) is 4.12. The Kier molecular flexibility index (Phi) is 6.84. The lowest BCUT2D eigenvalue weighted by Crippen LogP contribution is -2.35. The maximum absolute atomic E-state index is 12.0. The van der Waals surface area contributed by atoms with Crippen LogP contribution in [-0.2, 0) is 4.79 Å². The maximum Gasteiger partial charge on any atom is 0.269 e. The van der Waals surface area contributed by atoms with Crippen LogP contribution in [0.15, 0.2) is 24.3 Å². The molecule has 6 heteroatoms. The van der Waals surface area contributed by atoms with Crippen molar-refractivity contribution in [2.75, 3.05) is 6.61 Å². The van der Waals surface area contributed by atoms with E-state index >= 15 is 0 Å². The Bertz CT molecular complexity index is 508. The first-order valence-corrected chi connectivity index (χ1v) is 8.32. The second-order valence-corrected chi connectivity index (χ2v) is 5.96. The Morgan fingerprint density at radius 3 is 2.35 bits per heavy atom. The van der Waals surface area contributed by atoms with E-state index in [1.165, 1.54) is 44.2 Å². The molecule has 0 aromatic heterocycles. The molecule has 0 atom stereocenters. The number of nitrogens with one attached hydrogen (secondary N) is 1. The Labute approximate surface area is 136 Å². The molecule has 0 radical (unpaired) electrons. The molecule has 1 fully saturated rings. The Morgan fingerprint density at radius 2 is 1.74 bits per heavy atom. The molecule has 0 saturated heterocycles. The number of benzene rings is 1. The first-order chi connectivity index (χ1) is 11.1. The second-order valence-electron chi connectivity index (χ2n) is 5.96. The highest BCUT2D eigenvalue weighted by molar-refractivity contribution is 5.76. The van der Waals surface area contributed by atoms with Gasteiger partial charge in [-0.05, 0) is 25.0 Å². The SMILES string of the molecule is O=C(CCOc1ccc([N+](=O)[O-])cc1)NC1CCCCCCC1. The zero-order valence-electron chi connectivity index (χ0n) is 13.3. The van der Waals surface area contributed by atoms with Gasteiger partial charge in [0.15, 0.2) is 0 Å². The van der Waals surface area contributed by atoms with Crippen molar-refractivity contribution in [1.29, 1.82) is 0 Å². The topological polar surface area (TPSA) is 81.5 Å². The molecule has 1 aliphatic rings. The summed E-state index contributed by atoms with van der Waals surface area (Å²) in [4.78, 5) is 22.1. The van der Waals surface area contributed by atoms with Gasteiger partial charge in [-0.2, -0.15) is 0 Å². The minimum Gasteiger partial charge on any atom is -0.493 e. The molecular formula is C17H24N2O4. The van der Waals surface area contributed by atoms with Gasteiger partial charge in [0.05, 0.1) is 18.0 Å². The number of ether oxygens (including phenoxy) is 1. The first-order valence-electron chi connectivity index (χ1n) is 8.32. The van der Waals surface area contributed by atoms with Gasteiger partial charge in [-0.3, -0.25) is 14.9 Å². The van der Waals surface area contributed by atoms with Crippen molar-refractivity contribution < 1.29 is 14.5 Å². The van der Waals surface area contributed by atoms with Crippen LogP contribution in [0.25, 0.3) is 0 Å². The molecule has 1 amide bonds. The van der Waals surface area contributed by atoms with Gasteiger partial charge in [-0.1, -0.05) is 32.1 Å². The average Bonchev–Trinajstić information content (AvgIpc) is 2.50. The maximum atomic E-state index is 12.0. The average molecular weight is 320 g/mol. The highest BCUT2D eigenvalue weighted by atomic mass is 16.6. The van der Waals surface area contributed by atoms with E-state index in [1.54, 1.807) is 12.1 Å². The molecule has 0 heterocycles. The second kappa shape index (κ2) is 9.12. The van der Waals surface area contributed by atoms with Gasteiger partial charge < -0.3 is 10.1 Å². The summed E-state index contributed by atoms with van der Waals surface area (Å²) in [6.07, 6.45) is 8.63. The van der Waals surface area contributed by atoms with Crippen LogP contribution >= 0.6 is 0 Å². The number of hydrogen-bond acceptors (Lipinski definition) is 4. The molecule has 2 rings (SSSR count). The molecule has 6 nitrogen and oxygen atoms in total. The normalized spacial score (nSPS) is 16.2. The van der Waals surface area contributed by atoms with E-state index in [0.29, 0.717) is 18.2 Å². The van der Waals surface area contributed by atoms with Crippen LogP contribution in [-0.4, -0.2) is 23.5 Å². The van der Waals surface area contributed by atoms with Gasteiger partial charge in [0.25, 0.3) is 5.69 Å². The number of rotatable bonds is 6. The monoisotopic (exact) mass is 320 g/mol. The molecule has 0 unspecified atom stereocenters. The summed E-state index contributed by atoms with van der Waals surface area (Å²) in [6.45, 7) is 0.274. The first kappa shape index (κ1) is 17.2. The summed E-state index contributed by atoms with van der Waals surface area (Å²) in [5, 5.41) is 13.7. The number of nitrogens with zero attached hydrogens (tertiary/aromatic N) is 1. The van der Waals surface area contributed by atoms with Gasteiger partial charge in [-0.15, -0.1) is 0 Å². The summed E-state index contributed by atoms with van der Waals surface area (Å²) in [7, 11) is 0. The predicted octanol–water partition coefficient (Wildman–Crippen LogP) is 3.59. The zero-order chi connectivity index (χ0) is 16.5. The van der Waals surface area contributed by atoms with E-state index in [2.05, 4.69) is 5.32 Å². The molecule has 0 bridgehead atoms. The van der Waals surface area contributed by atoms with Gasteiger partial charge in [0.1, 0.15) is 5.75 Å². The molecular weight excluding hydrogens is 296 g/mol. The molecule has 0 aliphatic heterocycles. The quantitative estimate of drug-likeness (QED) is 0.641.